The van der Waals surface area contributed by atoms with Crippen molar-refractivity contribution in [2.75, 3.05) is 30.3 Å². The van der Waals surface area contributed by atoms with Gasteiger partial charge in [-0.1, -0.05) is 20.8 Å². The molecule has 1 aliphatic rings. The molecule has 13 heteroatoms. The molecule has 5 heterocycles. The fourth-order valence-corrected chi connectivity index (χ4v) is 5.03. The first-order valence-corrected chi connectivity index (χ1v) is 13.6. The van der Waals surface area contributed by atoms with Crippen LogP contribution >= 0.6 is 0 Å². The van der Waals surface area contributed by atoms with Gasteiger partial charge in [0.05, 0.1) is 24.3 Å². The molecule has 1 saturated heterocycles. The lowest BCUT2D eigenvalue weighted by atomic mass is 9.91. The number of fused-ring (bicyclic) bond motifs is 1. The van der Waals surface area contributed by atoms with Crippen molar-refractivity contribution in [2.24, 2.45) is 7.05 Å². The minimum Gasteiger partial charge on any atom is -0.455 e. The molecule has 4 aromatic rings. The number of aromatic nitrogens is 6. The number of aryl methyl sites for hydroxylation is 1. The molecule has 218 valence electrons. The standard InChI is InChI=1S/C28H35F2N9O2/c1-17(40)33-24-13-19(6-9-31-24)41-20-12-21-26(32-15-20)35-27(37(21)5)34-25-14-22(28(2,3)4)39(36-25)18-7-10-38(11-8-18)16-23(29)30/h6,9,12-15,18,23H,7-8,10-11,16H2,1-5H3,(H,31,33,40)(H,32,34,35,36). The minimum absolute atomic E-state index is 0.134. The van der Waals surface area contributed by atoms with Crippen LogP contribution in [0, 0.1) is 0 Å². The van der Waals surface area contributed by atoms with Gasteiger partial charge in [0, 0.05) is 62.6 Å². The third-order valence-electron chi connectivity index (χ3n) is 7.03. The predicted molar refractivity (Wildman–Crippen MR) is 152 cm³/mol. The van der Waals surface area contributed by atoms with Crippen molar-refractivity contribution in [2.45, 2.75) is 58.4 Å². The number of nitrogens with zero attached hydrogens (tertiary/aromatic N) is 7. The molecule has 11 nitrogen and oxygen atoms in total. The monoisotopic (exact) mass is 567 g/mol. The molecule has 0 aromatic carbocycles. The molecule has 4 aromatic heterocycles. The maximum Gasteiger partial charge on any atom is 0.251 e. The van der Waals surface area contributed by atoms with E-state index in [4.69, 9.17) is 9.84 Å². The van der Waals surface area contributed by atoms with Gasteiger partial charge in [-0.15, -0.1) is 0 Å². The van der Waals surface area contributed by atoms with Crippen LogP contribution in [-0.4, -0.2) is 66.2 Å². The molecule has 41 heavy (non-hydrogen) atoms. The summed E-state index contributed by atoms with van der Waals surface area (Å²) in [5.74, 6) is 2.40. The van der Waals surface area contributed by atoms with Gasteiger partial charge in [0.25, 0.3) is 6.43 Å². The number of likely N-dealkylation sites (tertiary alicyclic amines) is 1. The maximum absolute atomic E-state index is 12.9. The lowest BCUT2D eigenvalue weighted by molar-refractivity contribution is -0.114. The summed E-state index contributed by atoms with van der Waals surface area (Å²) in [6.07, 6.45) is 2.35. The van der Waals surface area contributed by atoms with Gasteiger partial charge in [0.2, 0.25) is 11.9 Å². The van der Waals surface area contributed by atoms with E-state index >= 15 is 0 Å². The number of pyridine rings is 2. The van der Waals surface area contributed by atoms with Gasteiger partial charge >= 0.3 is 0 Å². The Bertz CT molecular complexity index is 1540. The van der Waals surface area contributed by atoms with Crippen LogP contribution in [0.15, 0.2) is 36.7 Å². The number of ether oxygens (including phenoxy) is 1. The van der Waals surface area contributed by atoms with E-state index in [0.29, 0.717) is 47.8 Å². The van der Waals surface area contributed by atoms with Crippen LogP contribution in [0.2, 0.25) is 0 Å². The Morgan fingerprint density at radius 1 is 1.12 bits per heavy atom. The summed E-state index contributed by atoms with van der Waals surface area (Å²) < 4.78 is 35.6. The largest absolute Gasteiger partial charge is 0.455 e. The number of halogens is 2. The summed E-state index contributed by atoms with van der Waals surface area (Å²) in [7, 11) is 1.88. The normalized spacial score (nSPS) is 15.0. The summed E-state index contributed by atoms with van der Waals surface area (Å²) in [5.41, 5.74) is 2.19. The third kappa shape index (κ3) is 6.62. The smallest absolute Gasteiger partial charge is 0.251 e. The van der Waals surface area contributed by atoms with Gasteiger partial charge in [-0.25, -0.2) is 18.7 Å². The highest BCUT2D eigenvalue weighted by atomic mass is 19.3. The van der Waals surface area contributed by atoms with E-state index in [0.717, 1.165) is 24.1 Å². The molecule has 0 saturated carbocycles. The van der Waals surface area contributed by atoms with Crippen LogP contribution in [-0.2, 0) is 17.3 Å². The molecule has 0 radical (unpaired) electrons. The number of imidazole rings is 1. The second-order valence-corrected chi connectivity index (χ2v) is 11.3. The Kier molecular flexibility index (Phi) is 7.89. The molecule has 0 spiro atoms. The molecule has 1 fully saturated rings. The summed E-state index contributed by atoms with van der Waals surface area (Å²) in [6.45, 7) is 8.89. The highest BCUT2D eigenvalue weighted by Crippen LogP contribution is 2.33. The number of rotatable bonds is 8. The highest BCUT2D eigenvalue weighted by Gasteiger charge is 2.29. The van der Waals surface area contributed by atoms with Crippen molar-refractivity contribution in [3.63, 3.8) is 0 Å². The number of carbonyl (C=O) groups is 1. The van der Waals surface area contributed by atoms with E-state index in [1.54, 1.807) is 24.5 Å². The van der Waals surface area contributed by atoms with Gasteiger partial charge < -0.3 is 19.9 Å². The van der Waals surface area contributed by atoms with E-state index in [1.165, 1.54) is 6.92 Å². The average molecular weight is 568 g/mol. The number of piperidine rings is 1. The molecular formula is C28H35F2N9O2. The summed E-state index contributed by atoms with van der Waals surface area (Å²) in [6, 6.07) is 7.33. The van der Waals surface area contributed by atoms with Crippen LogP contribution in [0.5, 0.6) is 11.5 Å². The zero-order chi connectivity index (χ0) is 29.3. The van der Waals surface area contributed by atoms with Crippen molar-refractivity contribution < 1.29 is 18.3 Å². The molecule has 2 N–H and O–H groups in total. The highest BCUT2D eigenvalue weighted by molar-refractivity contribution is 5.87. The lowest BCUT2D eigenvalue weighted by Crippen LogP contribution is -2.38. The Labute approximate surface area is 236 Å². The zero-order valence-corrected chi connectivity index (χ0v) is 23.9. The predicted octanol–water partition coefficient (Wildman–Crippen LogP) is 5.25. The van der Waals surface area contributed by atoms with Crippen LogP contribution in [0.25, 0.3) is 11.2 Å². The average Bonchev–Trinajstić information content (AvgIpc) is 3.46. The summed E-state index contributed by atoms with van der Waals surface area (Å²) in [4.78, 5) is 26.4. The van der Waals surface area contributed by atoms with Crippen LogP contribution < -0.4 is 15.4 Å². The van der Waals surface area contributed by atoms with E-state index in [2.05, 4.69) is 51.0 Å². The molecule has 0 bridgehead atoms. The van der Waals surface area contributed by atoms with Crippen LogP contribution in [0.3, 0.4) is 0 Å². The molecule has 0 aliphatic carbocycles. The van der Waals surface area contributed by atoms with Crippen molar-refractivity contribution in [3.8, 4) is 11.5 Å². The van der Waals surface area contributed by atoms with Crippen molar-refractivity contribution in [1.29, 1.82) is 0 Å². The van der Waals surface area contributed by atoms with Crippen molar-refractivity contribution >= 4 is 34.7 Å². The Morgan fingerprint density at radius 3 is 2.56 bits per heavy atom. The van der Waals surface area contributed by atoms with Crippen LogP contribution in [0.1, 0.15) is 52.3 Å². The number of nitrogens with one attached hydrogen (secondary N) is 2. The first kappa shape index (κ1) is 28.4. The molecule has 1 aliphatic heterocycles. The number of amides is 1. The first-order valence-electron chi connectivity index (χ1n) is 13.6. The van der Waals surface area contributed by atoms with Gasteiger partial charge in [0.1, 0.15) is 17.3 Å². The van der Waals surface area contributed by atoms with Gasteiger partial charge in [-0.05, 0) is 18.9 Å². The third-order valence-corrected chi connectivity index (χ3v) is 7.03. The van der Waals surface area contributed by atoms with Crippen molar-refractivity contribution in [3.05, 3.63) is 42.4 Å². The molecule has 0 unspecified atom stereocenters. The van der Waals surface area contributed by atoms with Gasteiger partial charge in [0.15, 0.2) is 11.5 Å². The number of carbonyl (C=O) groups excluding carboxylic acids is 1. The van der Waals surface area contributed by atoms with E-state index < -0.39 is 6.43 Å². The quantitative estimate of drug-likeness (QED) is 0.297. The number of hydrogen-bond donors (Lipinski definition) is 2. The maximum atomic E-state index is 12.9. The van der Waals surface area contributed by atoms with Gasteiger partial charge in [-0.2, -0.15) is 10.1 Å². The SMILES string of the molecule is CC(=O)Nc1cc(Oc2cnc3nc(Nc4cc(C(C)(C)C)n(C5CCN(CC(F)F)CC5)n4)n(C)c3c2)ccn1. The second kappa shape index (κ2) is 11.4. The Hall–Kier alpha value is -4.13. The summed E-state index contributed by atoms with van der Waals surface area (Å²) >= 11 is 0. The molecule has 5 rings (SSSR count). The number of hydrogen-bond acceptors (Lipinski definition) is 8. The van der Waals surface area contributed by atoms with Crippen LogP contribution in [0.4, 0.5) is 26.4 Å². The molecule has 1 amide bonds. The zero-order valence-electron chi connectivity index (χ0n) is 23.9. The first-order chi connectivity index (χ1) is 19.5. The minimum atomic E-state index is -2.32. The van der Waals surface area contributed by atoms with Gasteiger partial charge in [-0.3, -0.25) is 14.4 Å². The fourth-order valence-electron chi connectivity index (χ4n) is 5.03. The topological polar surface area (TPSA) is 115 Å². The fraction of sp³-hybridized carbons (Fsp3) is 0.464. The Balaban J connectivity index is 1.35. The van der Waals surface area contributed by atoms with Crippen molar-refractivity contribution in [1.82, 2.24) is 34.2 Å². The van der Waals surface area contributed by atoms with E-state index in [1.807, 2.05) is 28.6 Å². The molecule has 0 atom stereocenters. The summed E-state index contributed by atoms with van der Waals surface area (Å²) in [5, 5.41) is 10.9. The number of anilines is 3. The number of alkyl halides is 2. The van der Waals surface area contributed by atoms with E-state index in [-0.39, 0.29) is 23.9 Å². The Morgan fingerprint density at radius 2 is 1.88 bits per heavy atom. The molecular weight excluding hydrogens is 532 g/mol. The van der Waals surface area contributed by atoms with E-state index in [9.17, 15) is 13.6 Å². The lowest BCUT2D eigenvalue weighted by Gasteiger charge is -2.34. The second-order valence-electron chi connectivity index (χ2n) is 11.3.